The van der Waals surface area contributed by atoms with E-state index < -0.39 is 0 Å². The predicted octanol–water partition coefficient (Wildman–Crippen LogP) is 3.16. The zero-order valence-electron chi connectivity index (χ0n) is 11.5. The molecule has 0 aliphatic rings. The van der Waals surface area contributed by atoms with E-state index in [1.807, 2.05) is 36.4 Å². The predicted molar refractivity (Wildman–Crippen MR) is 76.3 cm³/mol. The summed E-state index contributed by atoms with van der Waals surface area (Å²) in [7, 11) is 3.10. The Morgan fingerprint density at radius 1 is 0.950 bits per heavy atom. The van der Waals surface area contributed by atoms with Crippen molar-refractivity contribution in [3.05, 3.63) is 48.0 Å². The summed E-state index contributed by atoms with van der Waals surface area (Å²) in [6.07, 6.45) is 0.793. The number of para-hydroxylation sites is 1. The number of benzene rings is 2. The monoisotopic (exact) mass is 272 g/mol. The van der Waals surface area contributed by atoms with E-state index in [0.717, 1.165) is 17.4 Å². The molecule has 0 saturated heterocycles. The SMILES string of the molecule is COCOc1ccccc1-c1cccc(OC)c1C=O. The molecule has 104 valence electrons. The van der Waals surface area contributed by atoms with E-state index in [2.05, 4.69) is 0 Å². The summed E-state index contributed by atoms with van der Waals surface area (Å²) in [5.41, 5.74) is 2.10. The van der Waals surface area contributed by atoms with Gasteiger partial charge in [0.15, 0.2) is 13.1 Å². The highest BCUT2D eigenvalue weighted by atomic mass is 16.7. The van der Waals surface area contributed by atoms with Gasteiger partial charge >= 0.3 is 0 Å². The summed E-state index contributed by atoms with van der Waals surface area (Å²) in [4.78, 5) is 11.4. The van der Waals surface area contributed by atoms with Crippen LogP contribution in [0.5, 0.6) is 11.5 Å². The first-order chi connectivity index (χ1) is 9.81. The van der Waals surface area contributed by atoms with Gasteiger partial charge in [0.2, 0.25) is 0 Å². The molecule has 4 nitrogen and oxygen atoms in total. The van der Waals surface area contributed by atoms with Gasteiger partial charge in [0.05, 0.1) is 12.7 Å². The fourth-order valence-electron chi connectivity index (χ4n) is 2.02. The van der Waals surface area contributed by atoms with Gasteiger partial charge in [-0.05, 0) is 17.7 Å². The minimum Gasteiger partial charge on any atom is -0.496 e. The Morgan fingerprint density at radius 3 is 2.35 bits per heavy atom. The lowest BCUT2D eigenvalue weighted by Crippen LogP contribution is -2.01. The number of hydrogen-bond acceptors (Lipinski definition) is 4. The maximum Gasteiger partial charge on any atom is 0.188 e. The molecule has 2 aromatic carbocycles. The Kier molecular flexibility index (Phi) is 4.74. The van der Waals surface area contributed by atoms with Crippen LogP contribution in [0, 0.1) is 0 Å². The second-order valence-corrected chi connectivity index (χ2v) is 4.09. The molecule has 0 aliphatic heterocycles. The van der Waals surface area contributed by atoms with Crippen LogP contribution >= 0.6 is 0 Å². The number of methoxy groups -OCH3 is 2. The molecule has 0 spiro atoms. The highest BCUT2D eigenvalue weighted by Crippen LogP contribution is 2.35. The van der Waals surface area contributed by atoms with Gasteiger partial charge in [0.25, 0.3) is 0 Å². The zero-order chi connectivity index (χ0) is 14.4. The highest BCUT2D eigenvalue weighted by molar-refractivity contribution is 5.92. The van der Waals surface area contributed by atoms with Crippen molar-refractivity contribution in [1.29, 1.82) is 0 Å². The molecule has 0 amide bonds. The quantitative estimate of drug-likeness (QED) is 0.598. The number of carbonyl (C=O) groups excluding carboxylic acids is 1. The van der Waals surface area contributed by atoms with Crippen LogP contribution in [0.1, 0.15) is 10.4 Å². The van der Waals surface area contributed by atoms with E-state index in [-0.39, 0.29) is 6.79 Å². The molecule has 20 heavy (non-hydrogen) atoms. The van der Waals surface area contributed by atoms with E-state index in [9.17, 15) is 4.79 Å². The summed E-state index contributed by atoms with van der Waals surface area (Å²) < 4.78 is 15.7. The first kappa shape index (κ1) is 14.1. The third kappa shape index (κ3) is 2.81. The van der Waals surface area contributed by atoms with Crippen molar-refractivity contribution >= 4 is 6.29 Å². The minimum atomic E-state index is 0.150. The van der Waals surface area contributed by atoms with Crippen molar-refractivity contribution < 1.29 is 19.0 Å². The smallest absolute Gasteiger partial charge is 0.188 e. The second-order valence-electron chi connectivity index (χ2n) is 4.09. The lowest BCUT2D eigenvalue weighted by molar-refractivity contribution is 0.0515. The third-order valence-corrected chi connectivity index (χ3v) is 2.91. The highest BCUT2D eigenvalue weighted by Gasteiger charge is 2.13. The van der Waals surface area contributed by atoms with Gasteiger partial charge in [0, 0.05) is 12.7 Å². The Balaban J connectivity index is 2.53. The average molecular weight is 272 g/mol. The fourth-order valence-corrected chi connectivity index (χ4v) is 2.02. The molecule has 0 heterocycles. The minimum absolute atomic E-state index is 0.150. The summed E-state index contributed by atoms with van der Waals surface area (Å²) in [6, 6.07) is 13.0. The number of carbonyl (C=O) groups is 1. The average Bonchev–Trinajstić information content (AvgIpc) is 2.52. The van der Waals surface area contributed by atoms with Crippen molar-refractivity contribution in [3.63, 3.8) is 0 Å². The van der Waals surface area contributed by atoms with Crippen LogP contribution in [0.15, 0.2) is 42.5 Å². The summed E-state index contributed by atoms with van der Waals surface area (Å²) in [5, 5.41) is 0. The number of hydrogen-bond donors (Lipinski definition) is 0. The number of aldehydes is 1. The molecule has 0 N–H and O–H groups in total. The third-order valence-electron chi connectivity index (χ3n) is 2.91. The molecule has 0 aliphatic carbocycles. The second kappa shape index (κ2) is 6.73. The maximum atomic E-state index is 11.4. The molecule has 0 unspecified atom stereocenters. The fraction of sp³-hybridized carbons (Fsp3) is 0.188. The van der Waals surface area contributed by atoms with Crippen molar-refractivity contribution in [1.82, 2.24) is 0 Å². The normalized spacial score (nSPS) is 10.1. The van der Waals surface area contributed by atoms with Crippen molar-refractivity contribution in [3.8, 4) is 22.6 Å². The van der Waals surface area contributed by atoms with Crippen molar-refractivity contribution in [2.24, 2.45) is 0 Å². The van der Waals surface area contributed by atoms with E-state index in [1.165, 1.54) is 0 Å². The zero-order valence-corrected chi connectivity index (χ0v) is 11.5. The molecule has 2 aromatic rings. The van der Waals surface area contributed by atoms with Crippen LogP contribution in [0.3, 0.4) is 0 Å². The molecule has 0 aromatic heterocycles. The molecule has 0 radical (unpaired) electrons. The topological polar surface area (TPSA) is 44.8 Å². The summed E-state index contributed by atoms with van der Waals surface area (Å²) in [5.74, 6) is 1.20. The molecule has 0 fully saturated rings. The Hall–Kier alpha value is -2.33. The lowest BCUT2D eigenvalue weighted by Gasteiger charge is -2.13. The van der Waals surface area contributed by atoms with E-state index >= 15 is 0 Å². The number of ether oxygens (including phenoxy) is 3. The molecule has 4 heteroatoms. The first-order valence-corrected chi connectivity index (χ1v) is 6.15. The molecule has 0 atom stereocenters. The Bertz CT molecular complexity index is 593. The first-order valence-electron chi connectivity index (χ1n) is 6.15. The lowest BCUT2D eigenvalue weighted by atomic mass is 9.99. The standard InChI is InChI=1S/C16H16O4/c1-18-11-20-16-8-4-3-6-13(16)12-7-5-9-15(19-2)14(12)10-17/h3-10H,11H2,1-2H3. The van der Waals surface area contributed by atoms with Gasteiger partial charge in [-0.25, -0.2) is 0 Å². The largest absolute Gasteiger partial charge is 0.496 e. The van der Waals surface area contributed by atoms with Gasteiger partial charge in [-0.3, -0.25) is 4.79 Å². The Labute approximate surface area is 117 Å². The molecule has 0 saturated carbocycles. The Morgan fingerprint density at radius 2 is 1.65 bits per heavy atom. The van der Waals surface area contributed by atoms with Gasteiger partial charge in [-0.2, -0.15) is 0 Å². The maximum absolute atomic E-state index is 11.4. The van der Waals surface area contributed by atoms with Crippen LogP contribution in [-0.4, -0.2) is 27.3 Å². The van der Waals surface area contributed by atoms with Gasteiger partial charge < -0.3 is 14.2 Å². The van der Waals surface area contributed by atoms with Crippen LogP contribution in [0.25, 0.3) is 11.1 Å². The van der Waals surface area contributed by atoms with Gasteiger partial charge in [0.1, 0.15) is 11.5 Å². The van der Waals surface area contributed by atoms with Crippen LogP contribution in [-0.2, 0) is 4.74 Å². The summed E-state index contributed by atoms with van der Waals surface area (Å²) >= 11 is 0. The molecule has 2 rings (SSSR count). The summed E-state index contributed by atoms with van der Waals surface area (Å²) in [6.45, 7) is 0.150. The van der Waals surface area contributed by atoms with Crippen LogP contribution in [0.4, 0.5) is 0 Å². The molecular weight excluding hydrogens is 256 g/mol. The van der Waals surface area contributed by atoms with E-state index in [1.54, 1.807) is 20.3 Å². The van der Waals surface area contributed by atoms with E-state index in [0.29, 0.717) is 17.1 Å². The van der Waals surface area contributed by atoms with Gasteiger partial charge in [-0.15, -0.1) is 0 Å². The molecule has 0 bridgehead atoms. The van der Waals surface area contributed by atoms with E-state index in [4.69, 9.17) is 14.2 Å². The van der Waals surface area contributed by atoms with Crippen molar-refractivity contribution in [2.75, 3.05) is 21.0 Å². The van der Waals surface area contributed by atoms with Crippen LogP contribution in [0.2, 0.25) is 0 Å². The number of rotatable bonds is 6. The van der Waals surface area contributed by atoms with Gasteiger partial charge in [-0.1, -0.05) is 30.3 Å². The van der Waals surface area contributed by atoms with Crippen molar-refractivity contribution in [2.45, 2.75) is 0 Å². The van der Waals surface area contributed by atoms with Crippen LogP contribution < -0.4 is 9.47 Å². The molecular formula is C16H16O4.